The normalized spacial score (nSPS) is 11.6. The van der Waals surface area contributed by atoms with Crippen molar-refractivity contribution in [1.29, 1.82) is 0 Å². The predicted octanol–water partition coefficient (Wildman–Crippen LogP) is 15.0. The molecule has 0 spiro atoms. The van der Waals surface area contributed by atoms with E-state index >= 15 is 0 Å². The van der Waals surface area contributed by atoms with Crippen LogP contribution >= 0.6 is 0 Å². The average Bonchev–Trinajstić information content (AvgIpc) is 3.62. The lowest BCUT2D eigenvalue weighted by molar-refractivity contribution is 1.17. The zero-order valence-electron chi connectivity index (χ0n) is 30.7. The SMILES string of the molecule is c1ccc(-c2c(-c3ccccc3)c3cc(N(c4cccc5ccccc45)c4cccc5c6ccccc6n(-c6ccccc6)c45)ccc3c3ccccc23)cc1. The Kier molecular flexibility index (Phi) is 7.53. The first-order valence-corrected chi connectivity index (χ1v) is 19.3. The molecule has 0 aliphatic carbocycles. The van der Waals surface area contributed by atoms with Gasteiger partial charge in [-0.15, -0.1) is 0 Å². The van der Waals surface area contributed by atoms with E-state index < -0.39 is 0 Å². The zero-order valence-corrected chi connectivity index (χ0v) is 30.7. The van der Waals surface area contributed by atoms with Gasteiger partial charge in [0.15, 0.2) is 0 Å². The third kappa shape index (κ3) is 5.04. The largest absolute Gasteiger partial charge is 0.308 e. The van der Waals surface area contributed by atoms with Crippen LogP contribution in [0.15, 0.2) is 218 Å². The Labute approximate surface area is 325 Å². The molecule has 262 valence electrons. The van der Waals surface area contributed by atoms with Crippen molar-refractivity contribution in [3.8, 4) is 27.9 Å². The van der Waals surface area contributed by atoms with Crippen molar-refractivity contribution in [3.63, 3.8) is 0 Å². The van der Waals surface area contributed by atoms with Crippen LogP contribution in [0.5, 0.6) is 0 Å². The molecule has 11 rings (SSSR count). The lowest BCUT2D eigenvalue weighted by Gasteiger charge is -2.29. The van der Waals surface area contributed by atoms with E-state index in [1.807, 2.05) is 0 Å². The molecule has 11 aromatic rings. The average molecular weight is 713 g/mol. The summed E-state index contributed by atoms with van der Waals surface area (Å²) in [7, 11) is 0. The minimum atomic E-state index is 1.10. The number of hydrogen-bond acceptors (Lipinski definition) is 1. The third-order valence-electron chi connectivity index (χ3n) is 11.3. The van der Waals surface area contributed by atoms with E-state index in [2.05, 4.69) is 228 Å². The summed E-state index contributed by atoms with van der Waals surface area (Å²) < 4.78 is 2.44. The van der Waals surface area contributed by atoms with Crippen molar-refractivity contribution >= 4 is 71.2 Å². The Morgan fingerprint density at radius 1 is 0.321 bits per heavy atom. The molecule has 0 aliphatic heterocycles. The van der Waals surface area contributed by atoms with Gasteiger partial charge in [0.1, 0.15) is 0 Å². The Bertz CT molecular complexity index is 3230. The van der Waals surface area contributed by atoms with Crippen molar-refractivity contribution in [2.45, 2.75) is 0 Å². The molecule has 2 nitrogen and oxygen atoms in total. The molecule has 0 amide bonds. The minimum Gasteiger partial charge on any atom is -0.308 e. The predicted molar refractivity (Wildman–Crippen MR) is 239 cm³/mol. The Morgan fingerprint density at radius 3 is 1.59 bits per heavy atom. The number of fused-ring (bicyclic) bond motifs is 7. The molecular weight excluding hydrogens is 677 g/mol. The van der Waals surface area contributed by atoms with Crippen LogP contribution in [0.3, 0.4) is 0 Å². The maximum absolute atomic E-state index is 2.49. The topological polar surface area (TPSA) is 8.17 Å². The molecule has 0 saturated carbocycles. The number of hydrogen-bond donors (Lipinski definition) is 0. The highest BCUT2D eigenvalue weighted by atomic mass is 15.2. The summed E-state index contributed by atoms with van der Waals surface area (Å²) in [5.41, 5.74) is 11.7. The van der Waals surface area contributed by atoms with Gasteiger partial charge in [-0.3, -0.25) is 0 Å². The fraction of sp³-hybridized carbons (Fsp3) is 0. The first-order valence-electron chi connectivity index (χ1n) is 19.3. The number of para-hydroxylation sites is 3. The fourth-order valence-corrected chi connectivity index (χ4v) is 8.97. The highest BCUT2D eigenvalue weighted by molar-refractivity contribution is 6.23. The Balaban J connectivity index is 1.30. The van der Waals surface area contributed by atoms with Crippen LogP contribution in [0.4, 0.5) is 17.1 Å². The fourth-order valence-electron chi connectivity index (χ4n) is 8.97. The van der Waals surface area contributed by atoms with E-state index in [1.54, 1.807) is 0 Å². The molecule has 1 heterocycles. The van der Waals surface area contributed by atoms with Gasteiger partial charge in [0.05, 0.1) is 22.4 Å². The molecule has 0 radical (unpaired) electrons. The second-order valence-electron chi connectivity index (χ2n) is 14.5. The highest BCUT2D eigenvalue weighted by Crippen LogP contribution is 2.49. The first-order chi connectivity index (χ1) is 27.8. The molecule has 0 fully saturated rings. The molecular formula is C54H36N2. The van der Waals surface area contributed by atoms with E-state index in [9.17, 15) is 0 Å². The zero-order chi connectivity index (χ0) is 37.0. The number of rotatable bonds is 6. The van der Waals surface area contributed by atoms with Gasteiger partial charge in [0.25, 0.3) is 0 Å². The second-order valence-corrected chi connectivity index (χ2v) is 14.5. The van der Waals surface area contributed by atoms with E-state index in [0.717, 1.165) is 22.7 Å². The molecule has 1 aromatic heterocycles. The molecule has 0 saturated heterocycles. The monoisotopic (exact) mass is 712 g/mol. The van der Waals surface area contributed by atoms with Crippen LogP contribution in [-0.2, 0) is 0 Å². The summed E-state index contributed by atoms with van der Waals surface area (Å²) >= 11 is 0. The molecule has 2 heteroatoms. The van der Waals surface area contributed by atoms with Gasteiger partial charge < -0.3 is 9.47 Å². The number of aromatic nitrogens is 1. The van der Waals surface area contributed by atoms with Crippen molar-refractivity contribution in [2.24, 2.45) is 0 Å². The summed E-state index contributed by atoms with van der Waals surface area (Å²) in [5.74, 6) is 0. The Hall–Kier alpha value is -7.42. The number of nitrogens with zero attached hydrogens (tertiary/aromatic N) is 2. The van der Waals surface area contributed by atoms with Crippen LogP contribution in [-0.4, -0.2) is 4.57 Å². The smallest absolute Gasteiger partial charge is 0.0782 e. The molecule has 10 aromatic carbocycles. The van der Waals surface area contributed by atoms with Crippen molar-refractivity contribution in [3.05, 3.63) is 218 Å². The standard InChI is InChI=1S/C54H36N2/c1-4-19-38(20-5-1)52-46-29-13-12-27-43(46)44-35-34-41(36-48(44)53(52)39-21-6-2-7-22-39)55(49-32-16-23-37-18-10-11-26-42(37)49)51-33-17-30-47-45-28-14-15-31-50(45)56(54(47)51)40-24-8-3-9-25-40/h1-36H. The van der Waals surface area contributed by atoms with Crippen LogP contribution in [0.25, 0.3) is 82.1 Å². The van der Waals surface area contributed by atoms with E-state index in [0.29, 0.717) is 0 Å². The minimum absolute atomic E-state index is 1.10. The lowest BCUT2D eigenvalue weighted by Crippen LogP contribution is -2.12. The number of benzene rings is 10. The maximum atomic E-state index is 2.49. The van der Waals surface area contributed by atoms with Crippen LogP contribution in [0, 0.1) is 0 Å². The van der Waals surface area contributed by atoms with Gasteiger partial charge in [-0.2, -0.15) is 0 Å². The third-order valence-corrected chi connectivity index (χ3v) is 11.3. The second kappa shape index (κ2) is 13.2. The van der Waals surface area contributed by atoms with Crippen LogP contribution in [0.1, 0.15) is 0 Å². The molecule has 0 atom stereocenters. The van der Waals surface area contributed by atoms with Crippen LogP contribution in [0.2, 0.25) is 0 Å². The molecule has 0 N–H and O–H groups in total. The first kappa shape index (κ1) is 32.0. The van der Waals surface area contributed by atoms with Gasteiger partial charge in [-0.1, -0.05) is 176 Å². The van der Waals surface area contributed by atoms with Gasteiger partial charge in [-0.05, 0) is 91.6 Å². The van der Waals surface area contributed by atoms with E-state index in [4.69, 9.17) is 0 Å². The van der Waals surface area contributed by atoms with Gasteiger partial charge in [0.2, 0.25) is 0 Å². The van der Waals surface area contributed by atoms with Gasteiger partial charge >= 0.3 is 0 Å². The van der Waals surface area contributed by atoms with Crippen LogP contribution < -0.4 is 4.90 Å². The van der Waals surface area contributed by atoms with Crippen molar-refractivity contribution in [2.75, 3.05) is 4.90 Å². The highest BCUT2D eigenvalue weighted by Gasteiger charge is 2.24. The molecule has 0 aliphatic rings. The molecule has 0 bridgehead atoms. The van der Waals surface area contributed by atoms with Gasteiger partial charge in [-0.25, -0.2) is 0 Å². The molecule has 0 unspecified atom stereocenters. The van der Waals surface area contributed by atoms with Gasteiger partial charge in [0, 0.05) is 27.5 Å². The summed E-state index contributed by atoms with van der Waals surface area (Å²) in [6.45, 7) is 0. The quantitative estimate of drug-likeness (QED) is 0.156. The Morgan fingerprint density at radius 2 is 0.839 bits per heavy atom. The molecule has 56 heavy (non-hydrogen) atoms. The lowest BCUT2D eigenvalue weighted by atomic mass is 9.85. The van der Waals surface area contributed by atoms with E-state index in [1.165, 1.54) is 76.4 Å². The summed E-state index contributed by atoms with van der Waals surface area (Å²) in [6.07, 6.45) is 0. The van der Waals surface area contributed by atoms with Crippen molar-refractivity contribution < 1.29 is 0 Å². The summed E-state index contributed by atoms with van der Waals surface area (Å²) in [5, 5.41) is 9.79. The summed E-state index contributed by atoms with van der Waals surface area (Å²) in [6, 6.07) is 79.6. The summed E-state index contributed by atoms with van der Waals surface area (Å²) in [4.78, 5) is 2.49. The maximum Gasteiger partial charge on any atom is 0.0782 e. The van der Waals surface area contributed by atoms with E-state index in [-0.39, 0.29) is 0 Å². The van der Waals surface area contributed by atoms with Crippen molar-refractivity contribution in [1.82, 2.24) is 4.57 Å². The number of anilines is 3.